The number of carbonyl (C=O) groups is 1. The number of carbonyl (C=O) groups excluding carboxylic acids is 1. The average molecular weight is 484 g/mol. The Kier molecular flexibility index (Phi) is 6.29. The van der Waals surface area contributed by atoms with Gasteiger partial charge in [0.15, 0.2) is 5.16 Å². The zero-order valence-corrected chi connectivity index (χ0v) is 20.0. The lowest BCUT2D eigenvalue weighted by atomic mass is 10.1. The lowest BCUT2D eigenvalue weighted by molar-refractivity contribution is -0.115. The zero-order chi connectivity index (χ0) is 23.5. The van der Waals surface area contributed by atoms with Crippen LogP contribution < -0.4 is 10.9 Å². The molecule has 0 aliphatic carbocycles. The molecular formula is C27H21N3O2S2. The number of para-hydroxylation sites is 1. The third-order valence-electron chi connectivity index (χ3n) is 5.46. The molecule has 0 spiro atoms. The molecule has 0 bridgehead atoms. The second-order valence-corrected chi connectivity index (χ2v) is 9.65. The molecule has 1 atom stereocenters. The van der Waals surface area contributed by atoms with Gasteiger partial charge >= 0.3 is 0 Å². The lowest BCUT2D eigenvalue weighted by Gasteiger charge is -2.18. The average Bonchev–Trinajstić information content (AvgIpc) is 3.31. The van der Waals surface area contributed by atoms with Crippen molar-refractivity contribution in [3.63, 3.8) is 0 Å². The van der Waals surface area contributed by atoms with E-state index in [2.05, 4.69) is 5.32 Å². The summed E-state index contributed by atoms with van der Waals surface area (Å²) in [6.45, 7) is 0. The maximum atomic E-state index is 13.4. The number of benzene rings is 3. The van der Waals surface area contributed by atoms with Crippen molar-refractivity contribution in [2.45, 2.75) is 10.4 Å². The molecule has 5 rings (SSSR count). The van der Waals surface area contributed by atoms with Crippen molar-refractivity contribution in [1.29, 1.82) is 0 Å². The monoisotopic (exact) mass is 483 g/mol. The first-order valence-corrected chi connectivity index (χ1v) is 12.5. The Bertz CT molecular complexity index is 1500. The van der Waals surface area contributed by atoms with Gasteiger partial charge in [-0.3, -0.25) is 14.2 Å². The molecule has 0 fully saturated rings. The van der Waals surface area contributed by atoms with E-state index in [-0.39, 0.29) is 11.5 Å². The van der Waals surface area contributed by atoms with Crippen molar-refractivity contribution in [2.75, 3.05) is 5.32 Å². The third-order valence-corrected chi connectivity index (χ3v) is 7.63. The number of rotatable bonds is 6. The number of hydrogen-bond acceptors (Lipinski definition) is 5. The highest BCUT2D eigenvalue weighted by atomic mass is 32.2. The number of nitrogens with zero attached hydrogens (tertiary/aromatic N) is 2. The highest BCUT2D eigenvalue weighted by Gasteiger charge is 2.25. The smallest absolute Gasteiger partial charge is 0.263 e. The van der Waals surface area contributed by atoms with E-state index < -0.39 is 5.25 Å². The summed E-state index contributed by atoms with van der Waals surface area (Å²) >= 11 is 2.72. The Morgan fingerprint density at radius 1 is 0.941 bits per heavy atom. The molecule has 0 saturated heterocycles. The summed E-state index contributed by atoms with van der Waals surface area (Å²) in [4.78, 5) is 32.2. The summed E-state index contributed by atoms with van der Waals surface area (Å²) in [5, 5.41) is 5.48. The van der Waals surface area contributed by atoms with Crippen LogP contribution in [0.25, 0.3) is 21.3 Å². The van der Waals surface area contributed by atoms with Gasteiger partial charge in [0, 0.05) is 23.7 Å². The fraction of sp³-hybridized carbons (Fsp3) is 0.0741. The van der Waals surface area contributed by atoms with E-state index in [4.69, 9.17) is 4.98 Å². The Morgan fingerprint density at radius 3 is 2.24 bits per heavy atom. The topological polar surface area (TPSA) is 64.0 Å². The number of aromatic nitrogens is 2. The first kappa shape index (κ1) is 22.1. The number of thiophene rings is 1. The number of nitrogens with one attached hydrogen (secondary N) is 1. The Morgan fingerprint density at radius 2 is 1.56 bits per heavy atom. The second-order valence-electron chi connectivity index (χ2n) is 7.72. The van der Waals surface area contributed by atoms with Crippen LogP contribution in [0.3, 0.4) is 0 Å². The van der Waals surface area contributed by atoms with E-state index in [9.17, 15) is 9.59 Å². The normalized spacial score (nSPS) is 11.9. The molecule has 1 unspecified atom stereocenters. The first-order valence-electron chi connectivity index (χ1n) is 10.7. The van der Waals surface area contributed by atoms with Crippen LogP contribution in [0, 0.1) is 0 Å². The minimum absolute atomic E-state index is 0.122. The highest BCUT2D eigenvalue weighted by molar-refractivity contribution is 8.00. The van der Waals surface area contributed by atoms with Crippen molar-refractivity contribution in [3.8, 4) is 11.1 Å². The lowest BCUT2D eigenvalue weighted by Crippen LogP contribution is -2.23. The van der Waals surface area contributed by atoms with Crippen molar-refractivity contribution in [3.05, 3.63) is 112 Å². The Hall–Kier alpha value is -3.68. The zero-order valence-electron chi connectivity index (χ0n) is 18.3. The molecule has 1 N–H and O–H groups in total. The third kappa shape index (κ3) is 4.40. The largest absolute Gasteiger partial charge is 0.325 e. The number of anilines is 1. The molecule has 5 aromatic rings. The fourth-order valence-corrected chi connectivity index (χ4v) is 5.77. The molecule has 2 aromatic heterocycles. The first-order chi connectivity index (χ1) is 16.6. The standard InChI is InChI=1S/C27H21N3O2S2/c1-30-26(32)22-21(18-11-5-2-6-12-18)17-33-25(22)29-27(30)34-23(19-13-7-3-8-14-19)24(31)28-20-15-9-4-10-16-20/h2-17,23H,1H3,(H,28,31). The van der Waals surface area contributed by atoms with Crippen LogP contribution in [-0.2, 0) is 11.8 Å². The predicted molar refractivity (Wildman–Crippen MR) is 140 cm³/mol. The molecule has 2 heterocycles. The molecule has 0 aliphatic rings. The van der Waals surface area contributed by atoms with Gasteiger partial charge in [0.25, 0.3) is 5.56 Å². The SMILES string of the molecule is Cn1c(SC(C(=O)Nc2ccccc2)c2ccccc2)nc2scc(-c3ccccc3)c2c1=O. The van der Waals surface area contributed by atoms with Crippen molar-refractivity contribution >= 4 is 44.9 Å². The quantitative estimate of drug-likeness (QED) is 0.233. The van der Waals surface area contributed by atoms with Gasteiger partial charge in [0.2, 0.25) is 5.91 Å². The Balaban J connectivity index is 1.54. The van der Waals surface area contributed by atoms with Crippen LogP contribution in [0.5, 0.6) is 0 Å². The molecule has 0 aliphatic heterocycles. The van der Waals surface area contributed by atoms with E-state index in [0.717, 1.165) is 22.4 Å². The number of fused-ring (bicyclic) bond motifs is 1. The molecule has 0 radical (unpaired) electrons. The van der Waals surface area contributed by atoms with E-state index in [0.29, 0.717) is 15.4 Å². The Labute approximate surface area is 205 Å². The van der Waals surface area contributed by atoms with Crippen LogP contribution in [0.2, 0.25) is 0 Å². The van der Waals surface area contributed by atoms with E-state index in [1.807, 2.05) is 96.4 Å². The molecule has 0 saturated carbocycles. The van der Waals surface area contributed by atoms with E-state index in [1.54, 1.807) is 7.05 Å². The second kappa shape index (κ2) is 9.67. The van der Waals surface area contributed by atoms with Gasteiger partial charge < -0.3 is 5.32 Å². The molecule has 3 aromatic carbocycles. The highest BCUT2D eigenvalue weighted by Crippen LogP contribution is 2.37. The minimum Gasteiger partial charge on any atom is -0.325 e. The van der Waals surface area contributed by atoms with E-state index in [1.165, 1.54) is 27.7 Å². The number of hydrogen-bond donors (Lipinski definition) is 1. The van der Waals surface area contributed by atoms with Gasteiger partial charge in [0.05, 0.1) is 5.39 Å². The van der Waals surface area contributed by atoms with Gasteiger partial charge in [-0.05, 0) is 23.3 Å². The summed E-state index contributed by atoms with van der Waals surface area (Å²) in [5.74, 6) is -0.173. The van der Waals surface area contributed by atoms with Gasteiger partial charge in [-0.25, -0.2) is 4.98 Å². The van der Waals surface area contributed by atoms with Gasteiger partial charge in [-0.15, -0.1) is 11.3 Å². The van der Waals surface area contributed by atoms with Gasteiger partial charge in [-0.1, -0.05) is 90.6 Å². The molecular weight excluding hydrogens is 462 g/mol. The van der Waals surface area contributed by atoms with Gasteiger partial charge in [0.1, 0.15) is 10.1 Å². The molecule has 7 heteroatoms. The van der Waals surface area contributed by atoms with Crippen molar-refractivity contribution < 1.29 is 4.79 Å². The van der Waals surface area contributed by atoms with Crippen LogP contribution in [0.1, 0.15) is 10.8 Å². The maximum Gasteiger partial charge on any atom is 0.263 e. The van der Waals surface area contributed by atoms with Crippen molar-refractivity contribution in [1.82, 2.24) is 9.55 Å². The summed E-state index contributed by atoms with van der Waals surface area (Å²) < 4.78 is 1.54. The molecule has 168 valence electrons. The summed E-state index contributed by atoms with van der Waals surface area (Å²) in [6, 6.07) is 28.7. The van der Waals surface area contributed by atoms with Crippen LogP contribution in [-0.4, -0.2) is 15.5 Å². The van der Waals surface area contributed by atoms with Crippen LogP contribution >= 0.6 is 23.1 Å². The minimum atomic E-state index is -0.578. The predicted octanol–water partition coefficient (Wildman–Crippen LogP) is 6.13. The maximum absolute atomic E-state index is 13.4. The molecule has 1 amide bonds. The van der Waals surface area contributed by atoms with Crippen LogP contribution in [0.4, 0.5) is 5.69 Å². The number of thioether (sulfide) groups is 1. The fourth-order valence-electron chi connectivity index (χ4n) is 3.72. The van der Waals surface area contributed by atoms with E-state index >= 15 is 0 Å². The van der Waals surface area contributed by atoms with Crippen LogP contribution in [0.15, 0.2) is 106 Å². The number of amides is 1. The molecule has 5 nitrogen and oxygen atoms in total. The summed E-state index contributed by atoms with van der Waals surface area (Å²) in [6.07, 6.45) is 0. The summed E-state index contributed by atoms with van der Waals surface area (Å²) in [5.41, 5.74) is 3.30. The van der Waals surface area contributed by atoms with Crippen molar-refractivity contribution in [2.24, 2.45) is 7.05 Å². The summed E-state index contributed by atoms with van der Waals surface area (Å²) in [7, 11) is 1.71. The molecule has 34 heavy (non-hydrogen) atoms. The van der Waals surface area contributed by atoms with Gasteiger partial charge in [-0.2, -0.15) is 0 Å².